The fourth-order valence-corrected chi connectivity index (χ4v) is 7.86. The molecule has 1 atom stereocenters. The molecule has 2 nitrogen and oxygen atoms in total. The minimum absolute atomic E-state index is 0.187. The molecule has 3 heteroatoms. The van der Waals surface area contributed by atoms with Crippen LogP contribution in [0.1, 0.15) is 104 Å². The lowest BCUT2D eigenvalue weighted by molar-refractivity contribution is 0.132. The van der Waals surface area contributed by atoms with E-state index in [-0.39, 0.29) is 6.10 Å². The molecule has 0 fully saturated rings. The van der Waals surface area contributed by atoms with Gasteiger partial charge in [0.15, 0.2) is 0 Å². The average Bonchev–Trinajstić information content (AvgIpc) is 2.85. The van der Waals surface area contributed by atoms with Gasteiger partial charge >= 0.3 is 8.56 Å². The molecule has 184 valence electrons. The molecule has 2 aromatic rings. The summed E-state index contributed by atoms with van der Waals surface area (Å²) in [7, 11) is -2.76. The van der Waals surface area contributed by atoms with Crippen molar-refractivity contribution < 1.29 is 8.85 Å². The second-order valence-corrected chi connectivity index (χ2v) is 12.4. The standard InChI is InChI=1S/C30H48O2Si/c1-4-6-8-9-10-11-12-13-21-27-31-33(29-23-17-14-18-24-29,30-25-19-15-20-26-30)32-28(3)22-16-7-5-2/h14-15,17-20,23-26,28H,4-13,16,21-22,27H2,1-3H3. The van der Waals surface area contributed by atoms with Gasteiger partial charge in [0, 0.05) is 12.7 Å². The summed E-state index contributed by atoms with van der Waals surface area (Å²) in [6.07, 6.45) is 16.9. The number of unbranched alkanes of at least 4 members (excludes halogenated alkanes) is 10. The van der Waals surface area contributed by atoms with Gasteiger partial charge in [-0.3, -0.25) is 0 Å². The molecule has 0 aromatic heterocycles. The van der Waals surface area contributed by atoms with Crippen molar-refractivity contribution in [1.82, 2.24) is 0 Å². The van der Waals surface area contributed by atoms with E-state index in [1.54, 1.807) is 0 Å². The molecule has 2 rings (SSSR count). The van der Waals surface area contributed by atoms with Crippen molar-refractivity contribution in [2.24, 2.45) is 0 Å². The van der Waals surface area contributed by atoms with E-state index >= 15 is 0 Å². The topological polar surface area (TPSA) is 18.5 Å². The van der Waals surface area contributed by atoms with Gasteiger partial charge < -0.3 is 8.85 Å². The normalized spacial score (nSPS) is 12.7. The quantitative estimate of drug-likeness (QED) is 0.155. The van der Waals surface area contributed by atoms with Crippen LogP contribution in [0.3, 0.4) is 0 Å². The molecule has 0 bridgehead atoms. The van der Waals surface area contributed by atoms with Gasteiger partial charge in [-0.2, -0.15) is 0 Å². The summed E-state index contributed by atoms with van der Waals surface area (Å²) in [5, 5.41) is 2.43. The maximum absolute atomic E-state index is 6.96. The van der Waals surface area contributed by atoms with Crippen molar-refractivity contribution in [3.05, 3.63) is 60.7 Å². The van der Waals surface area contributed by atoms with Crippen molar-refractivity contribution in [2.45, 2.75) is 110 Å². The zero-order valence-corrected chi connectivity index (χ0v) is 22.6. The van der Waals surface area contributed by atoms with Crippen molar-refractivity contribution in [2.75, 3.05) is 6.61 Å². The molecule has 0 saturated heterocycles. The van der Waals surface area contributed by atoms with Gasteiger partial charge in [-0.25, -0.2) is 0 Å². The molecule has 0 saturated carbocycles. The first-order valence-corrected chi connectivity index (χ1v) is 15.5. The van der Waals surface area contributed by atoms with Crippen LogP contribution in [0, 0.1) is 0 Å². The molecule has 0 spiro atoms. The van der Waals surface area contributed by atoms with Crippen LogP contribution in [-0.4, -0.2) is 21.3 Å². The summed E-state index contributed by atoms with van der Waals surface area (Å²) in [5.74, 6) is 0. The molecule has 1 unspecified atom stereocenters. The van der Waals surface area contributed by atoms with Crippen molar-refractivity contribution in [3.8, 4) is 0 Å². The molecule has 0 N–H and O–H groups in total. The monoisotopic (exact) mass is 468 g/mol. The Kier molecular flexibility index (Phi) is 14.4. The van der Waals surface area contributed by atoms with Crippen LogP contribution in [0.15, 0.2) is 60.7 Å². The van der Waals surface area contributed by atoms with Crippen LogP contribution < -0.4 is 10.4 Å². The first-order chi connectivity index (χ1) is 16.2. The second kappa shape index (κ2) is 17.1. The Morgan fingerprint density at radius 1 is 0.606 bits per heavy atom. The molecule has 0 heterocycles. The van der Waals surface area contributed by atoms with E-state index in [4.69, 9.17) is 8.85 Å². The summed E-state index contributed by atoms with van der Waals surface area (Å²) in [6.45, 7) is 7.54. The first kappa shape index (κ1) is 27.8. The Morgan fingerprint density at radius 3 is 1.58 bits per heavy atom. The van der Waals surface area contributed by atoms with Gasteiger partial charge in [-0.1, -0.05) is 145 Å². The third kappa shape index (κ3) is 10.2. The van der Waals surface area contributed by atoms with Crippen molar-refractivity contribution in [3.63, 3.8) is 0 Å². The summed E-state index contributed by atoms with van der Waals surface area (Å²) in [6, 6.07) is 21.4. The van der Waals surface area contributed by atoms with Crippen molar-refractivity contribution in [1.29, 1.82) is 0 Å². The molecule has 2 aromatic carbocycles. The van der Waals surface area contributed by atoms with Gasteiger partial charge in [-0.05, 0) is 30.1 Å². The van der Waals surface area contributed by atoms with Crippen LogP contribution in [-0.2, 0) is 8.85 Å². The summed E-state index contributed by atoms with van der Waals surface area (Å²) in [5.41, 5.74) is 0. The predicted octanol–water partition coefficient (Wildman–Crippen LogP) is 7.78. The second-order valence-electron chi connectivity index (χ2n) is 9.45. The Labute approximate surface area is 205 Å². The van der Waals surface area contributed by atoms with Gasteiger partial charge in [-0.15, -0.1) is 0 Å². The molecule has 33 heavy (non-hydrogen) atoms. The highest BCUT2D eigenvalue weighted by atomic mass is 28.4. The lowest BCUT2D eigenvalue weighted by atomic mass is 10.1. The Balaban J connectivity index is 2.03. The average molecular weight is 469 g/mol. The fourth-order valence-electron chi connectivity index (χ4n) is 4.47. The molecular formula is C30H48O2Si. The molecule has 0 aliphatic rings. The highest BCUT2D eigenvalue weighted by Gasteiger charge is 2.43. The van der Waals surface area contributed by atoms with Crippen LogP contribution in [0.5, 0.6) is 0 Å². The third-order valence-corrected chi connectivity index (χ3v) is 9.97. The summed E-state index contributed by atoms with van der Waals surface area (Å²) < 4.78 is 13.8. The first-order valence-electron chi connectivity index (χ1n) is 13.7. The fraction of sp³-hybridized carbons (Fsp3) is 0.600. The molecule has 0 aliphatic heterocycles. The largest absolute Gasteiger partial charge is 0.407 e. The van der Waals surface area contributed by atoms with Gasteiger partial charge in [0.2, 0.25) is 0 Å². The Bertz CT molecular complexity index is 664. The number of hydrogen-bond acceptors (Lipinski definition) is 2. The van der Waals surface area contributed by atoms with E-state index in [0.717, 1.165) is 19.4 Å². The van der Waals surface area contributed by atoms with Gasteiger partial charge in [0.1, 0.15) is 0 Å². The Hall–Kier alpha value is -1.42. The zero-order chi connectivity index (χ0) is 23.6. The van der Waals surface area contributed by atoms with E-state index < -0.39 is 8.56 Å². The summed E-state index contributed by atoms with van der Waals surface area (Å²) in [4.78, 5) is 0. The number of hydrogen-bond donors (Lipinski definition) is 0. The minimum Gasteiger partial charge on any atom is -0.388 e. The van der Waals surface area contributed by atoms with Gasteiger partial charge in [0.25, 0.3) is 0 Å². The van der Waals surface area contributed by atoms with Gasteiger partial charge in [0.05, 0.1) is 0 Å². The number of rotatable bonds is 19. The summed E-state index contributed by atoms with van der Waals surface area (Å²) >= 11 is 0. The van der Waals surface area contributed by atoms with Crippen LogP contribution in [0.25, 0.3) is 0 Å². The molecular weight excluding hydrogens is 420 g/mol. The van der Waals surface area contributed by atoms with E-state index in [1.165, 1.54) is 81.0 Å². The van der Waals surface area contributed by atoms with E-state index in [1.807, 2.05) is 0 Å². The predicted molar refractivity (Wildman–Crippen MR) is 146 cm³/mol. The number of benzene rings is 2. The van der Waals surface area contributed by atoms with Crippen LogP contribution >= 0.6 is 0 Å². The Morgan fingerprint density at radius 2 is 1.06 bits per heavy atom. The van der Waals surface area contributed by atoms with E-state index in [0.29, 0.717) is 0 Å². The van der Waals surface area contributed by atoms with Crippen LogP contribution in [0.4, 0.5) is 0 Å². The third-order valence-electron chi connectivity index (χ3n) is 6.44. The maximum Gasteiger partial charge on any atom is 0.407 e. The lowest BCUT2D eigenvalue weighted by Crippen LogP contribution is -2.64. The zero-order valence-electron chi connectivity index (χ0n) is 21.6. The molecule has 0 amide bonds. The molecule has 0 aliphatic carbocycles. The highest BCUT2D eigenvalue weighted by Crippen LogP contribution is 2.18. The SMILES string of the molecule is CCCCCCCCCCCO[Si](OC(C)CCCCC)(c1ccccc1)c1ccccc1. The van der Waals surface area contributed by atoms with Crippen LogP contribution in [0.2, 0.25) is 0 Å². The minimum atomic E-state index is -2.76. The maximum atomic E-state index is 6.96. The van der Waals surface area contributed by atoms with E-state index in [2.05, 4.69) is 81.4 Å². The van der Waals surface area contributed by atoms with Crippen molar-refractivity contribution >= 4 is 18.9 Å². The molecule has 0 radical (unpaired) electrons. The smallest absolute Gasteiger partial charge is 0.388 e. The van der Waals surface area contributed by atoms with E-state index in [9.17, 15) is 0 Å². The lowest BCUT2D eigenvalue weighted by Gasteiger charge is -2.34. The highest BCUT2D eigenvalue weighted by molar-refractivity contribution is 6.92.